The lowest BCUT2D eigenvalue weighted by Gasteiger charge is -2.35. The molecule has 1 saturated carbocycles. The van der Waals surface area contributed by atoms with Crippen LogP contribution in [-0.2, 0) is 16.0 Å². The first kappa shape index (κ1) is 24.1. The number of aryl methyl sites for hydroxylation is 1. The van der Waals surface area contributed by atoms with Crippen LogP contribution in [0.3, 0.4) is 0 Å². The summed E-state index contributed by atoms with van der Waals surface area (Å²) >= 11 is 0. The Morgan fingerprint density at radius 1 is 1.06 bits per heavy atom. The maximum absolute atomic E-state index is 13.4. The molecule has 2 aromatic rings. The second kappa shape index (κ2) is 10.0. The zero-order valence-electron chi connectivity index (χ0n) is 20.6. The zero-order chi connectivity index (χ0) is 24.4. The number of ether oxygens (including phenoxy) is 1. The van der Waals surface area contributed by atoms with Gasteiger partial charge in [-0.15, -0.1) is 0 Å². The van der Waals surface area contributed by atoms with E-state index in [9.17, 15) is 14.7 Å². The number of carbonyl (C=O) groups is 2. The van der Waals surface area contributed by atoms with Gasteiger partial charge in [0.2, 0.25) is 0 Å². The van der Waals surface area contributed by atoms with Gasteiger partial charge >= 0.3 is 0 Å². The van der Waals surface area contributed by atoms with Gasteiger partial charge in [0.1, 0.15) is 11.5 Å². The van der Waals surface area contributed by atoms with Crippen molar-refractivity contribution in [3.8, 4) is 5.75 Å². The third-order valence-corrected chi connectivity index (χ3v) is 7.28. The van der Waals surface area contributed by atoms with Gasteiger partial charge in [-0.05, 0) is 60.1 Å². The average Bonchev–Trinajstić information content (AvgIpc) is 3.13. The Hall–Kier alpha value is -3.08. The Labute approximate surface area is 202 Å². The van der Waals surface area contributed by atoms with Crippen molar-refractivity contribution in [3.05, 3.63) is 70.3 Å². The fourth-order valence-corrected chi connectivity index (χ4v) is 5.34. The number of rotatable bonds is 6. The molecule has 1 amide bonds. The second-order valence-electron chi connectivity index (χ2n) is 9.70. The third kappa shape index (κ3) is 4.36. The van der Waals surface area contributed by atoms with Crippen LogP contribution in [0, 0.1) is 0 Å². The van der Waals surface area contributed by atoms with Crippen LogP contribution in [0.25, 0.3) is 5.76 Å². The molecule has 1 atom stereocenters. The first-order valence-electron chi connectivity index (χ1n) is 12.4. The van der Waals surface area contributed by atoms with E-state index in [0.29, 0.717) is 5.56 Å². The minimum Gasteiger partial charge on any atom is -0.507 e. The summed E-state index contributed by atoms with van der Waals surface area (Å²) in [5.74, 6) is -0.318. The molecule has 0 spiro atoms. The summed E-state index contributed by atoms with van der Waals surface area (Å²) in [6.07, 6.45) is 5.93. The molecule has 1 heterocycles. The molecule has 5 heteroatoms. The minimum absolute atomic E-state index is 0.00782. The first-order valence-corrected chi connectivity index (χ1v) is 12.4. The van der Waals surface area contributed by atoms with Crippen molar-refractivity contribution in [1.82, 2.24) is 4.90 Å². The number of aliphatic hydroxyl groups is 1. The second-order valence-corrected chi connectivity index (χ2v) is 9.70. The Bertz CT molecular complexity index is 1090. The van der Waals surface area contributed by atoms with Crippen molar-refractivity contribution in [2.75, 3.05) is 7.11 Å². The molecule has 1 aliphatic carbocycles. The molecule has 1 saturated heterocycles. The van der Waals surface area contributed by atoms with E-state index < -0.39 is 17.7 Å². The predicted octanol–water partition coefficient (Wildman–Crippen LogP) is 6.14. The molecule has 180 valence electrons. The molecule has 2 fully saturated rings. The molecular formula is C29H35NO4. The number of likely N-dealkylation sites (tertiary alicyclic amines) is 1. The smallest absolute Gasteiger partial charge is 0.295 e. The molecule has 1 aliphatic heterocycles. The van der Waals surface area contributed by atoms with E-state index in [2.05, 4.69) is 20.8 Å². The van der Waals surface area contributed by atoms with Crippen LogP contribution in [0.4, 0.5) is 0 Å². The van der Waals surface area contributed by atoms with Crippen LogP contribution in [0.15, 0.2) is 48.0 Å². The highest BCUT2D eigenvalue weighted by Crippen LogP contribution is 2.43. The number of methoxy groups -OCH3 is 1. The Balaban J connectivity index is 1.87. The number of Topliss-reactive ketones (excluding diaryl/α,β-unsaturated/α-hetero) is 1. The van der Waals surface area contributed by atoms with E-state index in [1.807, 2.05) is 36.4 Å². The lowest BCUT2D eigenvalue weighted by molar-refractivity contribution is -0.141. The molecule has 2 aliphatic rings. The van der Waals surface area contributed by atoms with Crippen LogP contribution < -0.4 is 4.74 Å². The monoisotopic (exact) mass is 461 g/mol. The van der Waals surface area contributed by atoms with E-state index >= 15 is 0 Å². The highest BCUT2D eigenvalue weighted by Gasteiger charge is 2.48. The van der Waals surface area contributed by atoms with E-state index in [0.717, 1.165) is 55.4 Å². The fourth-order valence-electron chi connectivity index (χ4n) is 5.34. The molecule has 2 aromatic carbocycles. The van der Waals surface area contributed by atoms with Crippen molar-refractivity contribution in [1.29, 1.82) is 0 Å². The van der Waals surface area contributed by atoms with Crippen molar-refractivity contribution in [2.45, 2.75) is 77.3 Å². The van der Waals surface area contributed by atoms with Crippen LogP contribution >= 0.6 is 0 Å². The molecule has 34 heavy (non-hydrogen) atoms. The number of hydrogen-bond acceptors (Lipinski definition) is 4. The molecule has 0 bridgehead atoms. The summed E-state index contributed by atoms with van der Waals surface area (Å²) in [7, 11) is 1.62. The van der Waals surface area contributed by atoms with Crippen LogP contribution in [0.2, 0.25) is 0 Å². The normalized spacial score (nSPS) is 20.9. The minimum atomic E-state index is -0.602. The first-order chi connectivity index (χ1) is 16.4. The van der Waals surface area contributed by atoms with Crippen molar-refractivity contribution in [3.63, 3.8) is 0 Å². The highest BCUT2D eigenvalue weighted by molar-refractivity contribution is 6.46. The van der Waals surface area contributed by atoms with E-state index in [1.165, 1.54) is 5.56 Å². The number of amides is 1. The summed E-state index contributed by atoms with van der Waals surface area (Å²) in [5, 5.41) is 11.5. The number of ketones is 1. The molecule has 1 N–H and O–H groups in total. The van der Waals surface area contributed by atoms with E-state index in [4.69, 9.17) is 4.74 Å². The van der Waals surface area contributed by atoms with Gasteiger partial charge in [-0.25, -0.2) is 0 Å². The number of aliphatic hydroxyl groups excluding tert-OH is 1. The molecule has 5 nitrogen and oxygen atoms in total. The van der Waals surface area contributed by atoms with Gasteiger partial charge in [0.15, 0.2) is 0 Å². The molecule has 0 aromatic heterocycles. The van der Waals surface area contributed by atoms with Gasteiger partial charge in [-0.3, -0.25) is 9.59 Å². The van der Waals surface area contributed by atoms with Gasteiger partial charge in [0, 0.05) is 11.6 Å². The van der Waals surface area contributed by atoms with Gasteiger partial charge in [0.05, 0.1) is 18.7 Å². The SMILES string of the molecule is CCc1ccc(C2/C(=C(/O)c3ccc(OC)c(C(C)C)c3)C(=O)C(=O)N2C2CCCCC2)cc1. The number of nitrogens with zero attached hydrogens (tertiary/aromatic N) is 1. The lowest BCUT2D eigenvalue weighted by atomic mass is 9.90. The van der Waals surface area contributed by atoms with Gasteiger partial charge < -0.3 is 14.7 Å². The standard InChI is InChI=1S/C29H35NO4/c1-5-19-11-13-20(14-12-19)26-25(28(32)29(33)30(26)22-9-7-6-8-10-22)27(31)21-15-16-24(34-4)23(17-21)18(2)3/h11-18,22,26,31H,5-10H2,1-4H3/b27-25-. The summed E-state index contributed by atoms with van der Waals surface area (Å²) in [6, 6.07) is 12.9. The molecule has 0 radical (unpaired) electrons. The number of benzene rings is 2. The topological polar surface area (TPSA) is 66.8 Å². The van der Waals surface area contributed by atoms with Crippen LogP contribution in [0.5, 0.6) is 5.75 Å². The summed E-state index contributed by atoms with van der Waals surface area (Å²) < 4.78 is 5.49. The average molecular weight is 462 g/mol. The molecule has 4 rings (SSSR count). The molecule has 1 unspecified atom stereocenters. The van der Waals surface area contributed by atoms with Crippen molar-refractivity contribution >= 4 is 17.4 Å². The van der Waals surface area contributed by atoms with Crippen LogP contribution in [-0.4, -0.2) is 34.8 Å². The number of carbonyl (C=O) groups excluding carboxylic acids is 2. The van der Waals surface area contributed by atoms with Crippen molar-refractivity contribution in [2.24, 2.45) is 0 Å². The predicted molar refractivity (Wildman–Crippen MR) is 134 cm³/mol. The highest BCUT2D eigenvalue weighted by atomic mass is 16.5. The number of hydrogen-bond donors (Lipinski definition) is 1. The van der Waals surface area contributed by atoms with Crippen LogP contribution in [0.1, 0.15) is 87.1 Å². The van der Waals surface area contributed by atoms with Gasteiger partial charge in [0.25, 0.3) is 11.7 Å². The summed E-state index contributed by atoms with van der Waals surface area (Å²) in [6.45, 7) is 6.21. The maximum atomic E-state index is 13.4. The largest absolute Gasteiger partial charge is 0.507 e. The third-order valence-electron chi connectivity index (χ3n) is 7.28. The Morgan fingerprint density at radius 2 is 1.74 bits per heavy atom. The Kier molecular flexibility index (Phi) is 7.11. The summed E-state index contributed by atoms with van der Waals surface area (Å²) in [5.41, 5.74) is 3.70. The zero-order valence-corrected chi connectivity index (χ0v) is 20.6. The van der Waals surface area contributed by atoms with Gasteiger partial charge in [-0.2, -0.15) is 0 Å². The van der Waals surface area contributed by atoms with Gasteiger partial charge in [-0.1, -0.05) is 64.3 Å². The molecular weight excluding hydrogens is 426 g/mol. The Morgan fingerprint density at radius 3 is 2.32 bits per heavy atom. The lowest BCUT2D eigenvalue weighted by Crippen LogP contribution is -2.40. The van der Waals surface area contributed by atoms with Crippen molar-refractivity contribution < 1.29 is 19.4 Å². The van der Waals surface area contributed by atoms with E-state index in [-0.39, 0.29) is 23.3 Å². The summed E-state index contributed by atoms with van der Waals surface area (Å²) in [4.78, 5) is 28.5. The maximum Gasteiger partial charge on any atom is 0.295 e. The van der Waals surface area contributed by atoms with E-state index in [1.54, 1.807) is 18.1 Å². The quantitative estimate of drug-likeness (QED) is 0.319. The fraction of sp³-hybridized carbons (Fsp3) is 0.448.